The number of carboxylic acids is 1. The standard InChI is InChI=1S/C14H17ClFNO3/c1-8(2)3-4-17-5-6-20-13-10(17)7-9(15)12(16)11(13)14(18)19/h7-8H,3-6H2,1-2H3,(H,18,19). The summed E-state index contributed by atoms with van der Waals surface area (Å²) in [6.45, 7) is 5.96. The highest BCUT2D eigenvalue weighted by molar-refractivity contribution is 6.31. The first-order valence-electron chi connectivity index (χ1n) is 6.54. The van der Waals surface area contributed by atoms with Crippen LogP contribution in [0.4, 0.5) is 10.1 Å². The summed E-state index contributed by atoms with van der Waals surface area (Å²) >= 11 is 5.80. The lowest BCUT2D eigenvalue weighted by Crippen LogP contribution is -2.35. The Hall–Kier alpha value is -1.49. The van der Waals surface area contributed by atoms with Gasteiger partial charge in [0.2, 0.25) is 0 Å². The van der Waals surface area contributed by atoms with E-state index in [4.69, 9.17) is 21.4 Å². The molecule has 4 nitrogen and oxygen atoms in total. The van der Waals surface area contributed by atoms with E-state index in [0.717, 1.165) is 13.0 Å². The van der Waals surface area contributed by atoms with Gasteiger partial charge in [0.25, 0.3) is 0 Å². The third-order valence-electron chi connectivity index (χ3n) is 3.29. The number of benzene rings is 1. The van der Waals surface area contributed by atoms with Crippen LogP contribution in [-0.4, -0.2) is 30.8 Å². The quantitative estimate of drug-likeness (QED) is 0.926. The number of rotatable bonds is 4. The van der Waals surface area contributed by atoms with E-state index in [9.17, 15) is 9.18 Å². The molecule has 0 aliphatic carbocycles. The number of hydrogen-bond acceptors (Lipinski definition) is 3. The van der Waals surface area contributed by atoms with Gasteiger partial charge in [-0.25, -0.2) is 9.18 Å². The van der Waals surface area contributed by atoms with Crippen LogP contribution in [0.25, 0.3) is 0 Å². The molecule has 1 aromatic rings. The smallest absolute Gasteiger partial charge is 0.342 e. The predicted molar refractivity (Wildman–Crippen MR) is 75.5 cm³/mol. The van der Waals surface area contributed by atoms with Gasteiger partial charge in [-0.1, -0.05) is 25.4 Å². The van der Waals surface area contributed by atoms with Crippen molar-refractivity contribution in [2.75, 3.05) is 24.6 Å². The fraction of sp³-hybridized carbons (Fsp3) is 0.500. The van der Waals surface area contributed by atoms with E-state index in [-0.39, 0.29) is 10.8 Å². The van der Waals surface area contributed by atoms with E-state index >= 15 is 0 Å². The van der Waals surface area contributed by atoms with E-state index < -0.39 is 17.3 Å². The minimum atomic E-state index is -1.37. The number of aromatic carboxylic acids is 1. The molecule has 0 fully saturated rings. The summed E-state index contributed by atoms with van der Waals surface area (Å²) in [6, 6.07) is 1.44. The maximum absolute atomic E-state index is 13.9. The van der Waals surface area contributed by atoms with E-state index in [2.05, 4.69) is 13.8 Å². The number of nitrogens with zero attached hydrogens (tertiary/aromatic N) is 1. The first-order chi connectivity index (χ1) is 9.41. The van der Waals surface area contributed by atoms with Gasteiger partial charge in [-0.05, 0) is 18.4 Å². The second-order valence-electron chi connectivity index (χ2n) is 5.22. The van der Waals surface area contributed by atoms with Crippen molar-refractivity contribution in [1.82, 2.24) is 0 Å². The van der Waals surface area contributed by atoms with Crippen molar-refractivity contribution in [1.29, 1.82) is 0 Å². The molecule has 0 radical (unpaired) electrons. The van der Waals surface area contributed by atoms with Gasteiger partial charge in [-0.15, -0.1) is 0 Å². The summed E-state index contributed by atoms with van der Waals surface area (Å²) in [4.78, 5) is 13.2. The van der Waals surface area contributed by atoms with Crippen molar-refractivity contribution >= 4 is 23.3 Å². The Labute approximate surface area is 122 Å². The molecular formula is C14H17ClFNO3. The van der Waals surface area contributed by atoms with Gasteiger partial charge in [-0.2, -0.15) is 0 Å². The molecule has 110 valence electrons. The molecule has 0 saturated carbocycles. The van der Waals surface area contributed by atoms with Crippen LogP contribution < -0.4 is 9.64 Å². The zero-order chi connectivity index (χ0) is 14.9. The Kier molecular flexibility index (Phi) is 4.38. The Morgan fingerprint density at radius 1 is 1.60 bits per heavy atom. The van der Waals surface area contributed by atoms with Crippen LogP contribution in [0.2, 0.25) is 5.02 Å². The molecule has 1 aliphatic heterocycles. The normalized spacial score (nSPS) is 14.2. The molecule has 6 heteroatoms. The van der Waals surface area contributed by atoms with Crippen LogP contribution >= 0.6 is 11.6 Å². The van der Waals surface area contributed by atoms with Crippen molar-refractivity contribution in [3.05, 3.63) is 22.5 Å². The highest BCUT2D eigenvalue weighted by Crippen LogP contribution is 2.40. The molecule has 0 unspecified atom stereocenters. The van der Waals surface area contributed by atoms with Crippen molar-refractivity contribution in [2.24, 2.45) is 5.92 Å². The lowest BCUT2D eigenvalue weighted by molar-refractivity contribution is 0.0686. The van der Waals surface area contributed by atoms with Crippen LogP contribution in [0.1, 0.15) is 30.6 Å². The topological polar surface area (TPSA) is 49.8 Å². The number of carbonyl (C=O) groups is 1. The number of hydrogen-bond donors (Lipinski definition) is 1. The average Bonchev–Trinajstić information content (AvgIpc) is 2.37. The molecule has 0 aromatic heterocycles. The SMILES string of the molecule is CC(C)CCN1CCOc2c1cc(Cl)c(F)c2C(=O)O. The second-order valence-corrected chi connectivity index (χ2v) is 5.63. The number of fused-ring (bicyclic) bond motifs is 1. The van der Waals surface area contributed by atoms with Crippen molar-refractivity contribution in [2.45, 2.75) is 20.3 Å². The Morgan fingerprint density at radius 3 is 2.90 bits per heavy atom. The van der Waals surface area contributed by atoms with Gasteiger partial charge in [0.05, 0.1) is 17.3 Å². The fourth-order valence-electron chi connectivity index (χ4n) is 2.19. The minimum Gasteiger partial charge on any atom is -0.489 e. The highest BCUT2D eigenvalue weighted by Gasteiger charge is 2.29. The molecule has 1 heterocycles. The maximum atomic E-state index is 13.9. The summed E-state index contributed by atoms with van der Waals surface area (Å²) in [5.41, 5.74) is 0.0717. The lowest BCUT2D eigenvalue weighted by Gasteiger charge is -2.32. The lowest BCUT2D eigenvalue weighted by atomic mass is 10.1. The van der Waals surface area contributed by atoms with Gasteiger partial charge >= 0.3 is 5.97 Å². The van der Waals surface area contributed by atoms with E-state index in [1.54, 1.807) is 0 Å². The molecule has 2 rings (SSSR count). The van der Waals surface area contributed by atoms with E-state index in [1.807, 2.05) is 4.90 Å². The third-order valence-corrected chi connectivity index (χ3v) is 3.57. The molecule has 0 atom stereocenters. The molecule has 0 amide bonds. The van der Waals surface area contributed by atoms with Crippen LogP contribution in [0.5, 0.6) is 5.75 Å². The predicted octanol–water partition coefficient (Wildman–Crippen LogP) is 3.42. The number of ether oxygens (including phenoxy) is 1. The van der Waals surface area contributed by atoms with Crippen LogP contribution in [0.3, 0.4) is 0 Å². The van der Waals surface area contributed by atoms with Gasteiger partial charge in [-0.3, -0.25) is 0 Å². The van der Waals surface area contributed by atoms with E-state index in [0.29, 0.717) is 24.8 Å². The van der Waals surface area contributed by atoms with E-state index in [1.165, 1.54) is 6.07 Å². The van der Waals surface area contributed by atoms with Crippen LogP contribution in [0, 0.1) is 11.7 Å². The third kappa shape index (κ3) is 2.82. The van der Waals surface area contributed by atoms with Gasteiger partial charge in [0.15, 0.2) is 11.6 Å². The Bertz CT molecular complexity index is 534. The molecule has 0 spiro atoms. The van der Waals surface area contributed by atoms with Crippen molar-refractivity contribution in [3.8, 4) is 5.75 Å². The van der Waals surface area contributed by atoms with Crippen molar-refractivity contribution in [3.63, 3.8) is 0 Å². The van der Waals surface area contributed by atoms with Crippen LogP contribution in [0.15, 0.2) is 6.07 Å². The molecule has 20 heavy (non-hydrogen) atoms. The Balaban J connectivity index is 2.44. The molecule has 1 aromatic carbocycles. The number of halogens is 2. The minimum absolute atomic E-state index is 0.0782. The number of carboxylic acid groups (broad SMARTS) is 1. The monoisotopic (exact) mass is 301 g/mol. The molecule has 1 aliphatic rings. The molecule has 1 N–H and O–H groups in total. The molecule has 0 saturated heterocycles. The van der Waals surface area contributed by atoms with Crippen molar-refractivity contribution < 1.29 is 19.0 Å². The second kappa shape index (κ2) is 5.87. The van der Waals surface area contributed by atoms with Crippen LogP contribution in [-0.2, 0) is 0 Å². The summed E-state index contributed by atoms with van der Waals surface area (Å²) in [5.74, 6) is -1.71. The average molecular weight is 302 g/mol. The highest BCUT2D eigenvalue weighted by atomic mass is 35.5. The zero-order valence-corrected chi connectivity index (χ0v) is 12.2. The fourth-order valence-corrected chi connectivity index (χ4v) is 2.39. The first kappa shape index (κ1) is 14.9. The van der Waals surface area contributed by atoms with Gasteiger partial charge < -0.3 is 14.7 Å². The summed E-state index contributed by atoms with van der Waals surface area (Å²) in [6.07, 6.45) is 0.955. The summed E-state index contributed by atoms with van der Waals surface area (Å²) < 4.78 is 19.2. The summed E-state index contributed by atoms with van der Waals surface area (Å²) in [7, 11) is 0. The molecular weight excluding hydrogens is 285 g/mol. The Morgan fingerprint density at radius 2 is 2.30 bits per heavy atom. The van der Waals surface area contributed by atoms with Gasteiger partial charge in [0, 0.05) is 6.54 Å². The van der Waals surface area contributed by atoms with Gasteiger partial charge in [0.1, 0.15) is 12.2 Å². The maximum Gasteiger partial charge on any atom is 0.342 e. The first-order valence-corrected chi connectivity index (χ1v) is 6.92. The molecule has 0 bridgehead atoms. The summed E-state index contributed by atoms with van der Waals surface area (Å²) in [5, 5.41) is 8.96. The number of anilines is 1. The largest absolute Gasteiger partial charge is 0.489 e. The zero-order valence-electron chi connectivity index (χ0n) is 11.4.